The van der Waals surface area contributed by atoms with Crippen LogP contribution in [0.4, 0.5) is 0 Å². The lowest BCUT2D eigenvalue weighted by atomic mass is 9.50. The molecule has 0 amide bonds. The summed E-state index contributed by atoms with van der Waals surface area (Å²) in [6.07, 6.45) is 14.5. The molecule has 8 aromatic carbocycles. The highest BCUT2D eigenvalue weighted by Gasteiger charge is 2.51. The summed E-state index contributed by atoms with van der Waals surface area (Å²) < 4.78 is 6.84. The fourth-order valence-corrected chi connectivity index (χ4v) is 16.5. The Hall–Kier alpha value is -5.40. The minimum atomic E-state index is 0.673. The van der Waals surface area contributed by atoms with Gasteiger partial charge >= 0.3 is 0 Å². The van der Waals surface area contributed by atoms with E-state index in [0.717, 1.165) is 58.5 Å². The van der Waals surface area contributed by atoms with Crippen LogP contribution in [0.2, 0.25) is 0 Å². The summed E-state index contributed by atoms with van der Waals surface area (Å²) in [5, 5.41) is 13.9. The van der Waals surface area contributed by atoms with E-state index in [9.17, 15) is 0 Å². The molecule has 1 heterocycles. The molecule has 61 heavy (non-hydrogen) atoms. The Morgan fingerprint density at radius 3 is 1.07 bits per heavy atom. The van der Waals surface area contributed by atoms with Crippen LogP contribution in [-0.4, -0.2) is 0 Å². The average Bonchev–Trinajstić information content (AvgIpc) is 3.65. The molecule has 8 saturated carbocycles. The number of fused-ring (bicyclic) bond motifs is 7. The Kier molecular flexibility index (Phi) is 7.06. The van der Waals surface area contributed by atoms with Gasteiger partial charge in [0.25, 0.3) is 0 Å². The van der Waals surface area contributed by atoms with Gasteiger partial charge in [0.15, 0.2) is 0 Å². The molecular formula is C60H52O. The Labute approximate surface area is 358 Å². The lowest BCUT2D eigenvalue weighted by molar-refractivity contribution is -0.00191. The summed E-state index contributed by atoms with van der Waals surface area (Å²) in [5.74, 6) is 8.57. The van der Waals surface area contributed by atoms with Crippen molar-refractivity contribution in [2.75, 3.05) is 0 Å². The van der Waals surface area contributed by atoms with Crippen molar-refractivity contribution in [1.82, 2.24) is 0 Å². The quantitative estimate of drug-likeness (QED) is 0.162. The highest BCUT2D eigenvalue weighted by molar-refractivity contribution is 6.19. The zero-order chi connectivity index (χ0) is 39.5. The van der Waals surface area contributed by atoms with Crippen LogP contribution >= 0.6 is 0 Å². The molecule has 1 heteroatoms. The maximum absolute atomic E-state index is 6.84. The number of benzene rings is 8. The highest BCUT2D eigenvalue weighted by atomic mass is 16.3. The third-order valence-corrected chi connectivity index (χ3v) is 18.1. The van der Waals surface area contributed by atoms with E-state index >= 15 is 0 Å². The van der Waals surface area contributed by atoms with Crippen molar-refractivity contribution in [2.45, 2.75) is 76.0 Å². The van der Waals surface area contributed by atoms with E-state index in [0.29, 0.717) is 11.8 Å². The van der Waals surface area contributed by atoms with Crippen molar-refractivity contribution in [3.05, 3.63) is 145 Å². The zero-order valence-electron chi connectivity index (χ0n) is 35.0. The fraction of sp³-hybridized carbons (Fsp3) is 0.333. The van der Waals surface area contributed by atoms with Crippen LogP contribution in [0.25, 0.3) is 87.3 Å². The summed E-state index contributed by atoms with van der Waals surface area (Å²) in [5.41, 5.74) is 10.5. The highest BCUT2D eigenvalue weighted by Crippen LogP contribution is 2.63. The van der Waals surface area contributed by atoms with Gasteiger partial charge in [-0.3, -0.25) is 0 Å². The van der Waals surface area contributed by atoms with Gasteiger partial charge in [0.1, 0.15) is 11.2 Å². The van der Waals surface area contributed by atoms with Crippen molar-refractivity contribution in [2.24, 2.45) is 47.3 Å². The first kappa shape index (κ1) is 34.2. The Morgan fingerprint density at radius 2 is 0.656 bits per heavy atom. The molecule has 0 radical (unpaired) electrons. The van der Waals surface area contributed by atoms with Crippen molar-refractivity contribution < 1.29 is 4.42 Å². The van der Waals surface area contributed by atoms with E-state index in [1.807, 2.05) is 0 Å². The molecule has 8 aliphatic carbocycles. The van der Waals surface area contributed by atoms with E-state index in [1.165, 1.54) is 140 Å². The smallest absolute Gasteiger partial charge is 0.136 e. The second kappa shape index (κ2) is 12.6. The number of hydrogen-bond donors (Lipinski definition) is 0. The van der Waals surface area contributed by atoms with Crippen LogP contribution in [0.3, 0.4) is 0 Å². The van der Waals surface area contributed by atoms with Gasteiger partial charge in [-0.2, -0.15) is 0 Å². The second-order valence-electron chi connectivity index (χ2n) is 21.2. The molecular weight excluding hydrogens is 737 g/mol. The molecule has 0 atom stereocenters. The first-order valence-electron chi connectivity index (χ1n) is 24.0. The monoisotopic (exact) mass is 788 g/mol. The summed E-state index contributed by atoms with van der Waals surface area (Å²) >= 11 is 0. The van der Waals surface area contributed by atoms with Crippen molar-refractivity contribution in [3.63, 3.8) is 0 Å². The van der Waals surface area contributed by atoms with Crippen LogP contribution < -0.4 is 0 Å². The molecule has 8 aliphatic rings. The van der Waals surface area contributed by atoms with Gasteiger partial charge in [-0.1, -0.05) is 109 Å². The second-order valence-corrected chi connectivity index (χ2v) is 21.2. The first-order valence-corrected chi connectivity index (χ1v) is 24.0. The van der Waals surface area contributed by atoms with E-state index in [2.05, 4.69) is 133 Å². The largest absolute Gasteiger partial charge is 0.456 e. The predicted molar refractivity (Wildman–Crippen MR) is 254 cm³/mol. The normalized spacial score (nSPS) is 30.0. The van der Waals surface area contributed by atoms with Gasteiger partial charge in [0, 0.05) is 10.8 Å². The van der Waals surface area contributed by atoms with Crippen LogP contribution in [0.1, 0.15) is 87.2 Å². The van der Waals surface area contributed by atoms with Crippen LogP contribution in [-0.2, 0) is 0 Å². The van der Waals surface area contributed by atoms with Gasteiger partial charge in [-0.15, -0.1) is 0 Å². The molecule has 8 bridgehead atoms. The van der Waals surface area contributed by atoms with Gasteiger partial charge in [-0.25, -0.2) is 0 Å². The Morgan fingerprint density at radius 1 is 0.295 bits per heavy atom. The molecule has 0 unspecified atom stereocenters. The lowest BCUT2D eigenvalue weighted by Crippen LogP contribution is -2.43. The zero-order valence-corrected chi connectivity index (χ0v) is 35.0. The van der Waals surface area contributed by atoms with E-state index in [1.54, 1.807) is 11.1 Å². The molecule has 1 aromatic heterocycles. The molecule has 0 spiro atoms. The lowest BCUT2D eigenvalue weighted by Gasteiger charge is -2.55. The maximum Gasteiger partial charge on any atom is 0.136 e. The maximum atomic E-state index is 6.84. The summed E-state index contributed by atoms with van der Waals surface area (Å²) in [6, 6.07) is 51.6. The van der Waals surface area contributed by atoms with Crippen molar-refractivity contribution >= 4 is 65.0 Å². The third kappa shape index (κ3) is 4.84. The summed E-state index contributed by atoms with van der Waals surface area (Å²) in [6.45, 7) is 0. The van der Waals surface area contributed by atoms with Crippen molar-refractivity contribution in [1.29, 1.82) is 0 Å². The van der Waals surface area contributed by atoms with Gasteiger partial charge in [0.2, 0.25) is 0 Å². The van der Waals surface area contributed by atoms with Gasteiger partial charge in [-0.05, 0) is 224 Å². The van der Waals surface area contributed by atoms with Crippen LogP contribution in [0, 0.1) is 47.3 Å². The van der Waals surface area contributed by atoms with Gasteiger partial charge < -0.3 is 4.42 Å². The van der Waals surface area contributed by atoms with Crippen LogP contribution in [0.5, 0.6) is 0 Å². The third-order valence-electron chi connectivity index (χ3n) is 18.1. The average molecular weight is 789 g/mol. The number of hydrogen-bond acceptors (Lipinski definition) is 1. The van der Waals surface area contributed by atoms with E-state index in [-0.39, 0.29) is 0 Å². The standard InChI is InChI=1S/C60H52O/c1-5-13-48-44(9-1)57(45-10-2-6-14-49(45)59(48)55-39-23-33-21-34(25-39)26-40(55)24-33)37-18-20-53-52(31-37)43-19-17-38(32-54(43)61-53)58-46-11-3-7-15-50(46)60(51-16-8-4-12-47(51)58)56-41-27-35-22-36(29-41)30-42(56)28-35/h1-20,31-36,39-42,55-56H,21-30H2. The molecule has 1 nitrogen and oxygen atoms in total. The Bertz CT molecular complexity index is 3140. The molecule has 9 aromatic rings. The van der Waals surface area contributed by atoms with Gasteiger partial charge in [0.05, 0.1) is 0 Å². The van der Waals surface area contributed by atoms with Crippen molar-refractivity contribution in [3.8, 4) is 22.3 Å². The predicted octanol–water partition coefficient (Wildman–Crippen LogP) is 16.6. The minimum absolute atomic E-state index is 0.673. The summed E-state index contributed by atoms with van der Waals surface area (Å²) in [4.78, 5) is 0. The van der Waals surface area contributed by atoms with Crippen LogP contribution in [0.15, 0.2) is 138 Å². The fourth-order valence-electron chi connectivity index (χ4n) is 16.5. The molecule has 0 N–H and O–H groups in total. The molecule has 8 fully saturated rings. The molecule has 17 rings (SSSR count). The minimum Gasteiger partial charge on any atom is -0.456 e. The molecule has 0 saturated heterocycles. The van der Waals surface area contributed by atoms with E-state index in [4.69, 9.17) is 4.42 Å². The summed E-state index contributed by atoms with van der Waals surface area (Å²) in [7, 11) is 0. The SMILES string of the molecule is c1ccc2c(C3C4CC5CC(C4)CC3C5)c3ccccc3c(-c3ccc4c(c3)oc3ccc(-c5c6ccccc6c(C6C7CC8CC(C7)CC6C8)c6ccccc56)cc34)c2c1. The molecule has 298 valence electrons. The topological polar surface area (TPSA) is 13.1 Å². The Balaban J connectivity index is 0.887. The van der Waals surface area contributed by atoms with E-state index < -0.39 is 0 Å². The molecule has 0 aliphatic heterocycles. The number of furan rings is 1. The number of rotatable bonds is 4. The first-order chi connectivity index (χ1) is 30.2.